The maximum Gasteiger partial charge on any atom is 0.408 e. The zero-order valence-corrected chi connectivity index (χ0v) is 12.4. The van der Waals surface area contributed by atoms with Crippen LogP contribution in [0.5, 0.6) is 0 Å². The molecule has 7 heteroatoms. The monoisotopic (exact) mass is 327 g/mol. The van der Waals surface area contributed by atoms with Crippen LogP contribution in [0.2, 0.25) is 0 Å². The van der Waals surface area contributed by atoms with E-state index in [0.717, 1.165) is 35.1 Å². The van der Waals surface area contributed by atoms with Gasteiger partial charge in [-0.05, 0) is 42.5 Å². The Hall–Kier alpha value is -1.89. The highest BCUT2D eigenvalue weighted by Crippen LogP contribution is 2.29. The molecule has 0 aliphatic heterocycles. The summed E-state index contributed by atoms with van der Waals surface area (Å²) in [6.07, 6.45) is -0.347. The van der Waals surface area contributed by atoms with Crippen molar-refractivity contribution in [2.24, 2.45) is 0 Å². The predicted octanol–water partition coefficient (Wildman–Crippen LogP) is 3.75. The molecule has 0 saturated heterocycles. The van der Waals surface area contributed by atoms with Crippen molar-refractivity contribution in [1.29, 1.82) is 0 Å². The van der Waals surface area contributed by atoms with Gasteiger partial charge in [-0.3, -0.25) is 4.68 Å². The Morgan fingerprint density at radius 1 is 1.30 bits per heavy atom. The van der Waals surface area contributed by atoms with Gasteiger partial charge in [-0.1, -0.05) is 12.1 Å². The van der Waals surface area contributed by atoms with E-state index in [4.69, 9.17) is 0 Å². The summed E-state index contributed by atoms with van der Waals surface area (Å²) >= 11 is 0. The summed E-state index contributed by atoms with van der Waals surface area (Å²) in [7, 11) is 0. The van der Waals surface area contributed by atoms with Gasteiger partial charge in [-0.25, -0.2) is 4.39 Å². The third-order valence-corrected chi connectivity index (χ3v) is 3.92. The third-order valence-electron chi connectivity index (χ3n) is 3.92. The zero-order valence-electron chi connectivity index (χ0n) is 12.4. The second kappa shape index (κ2) is 6.31. The zero-order chi connectivity index (χ0) is 16.4. The van der Waals surface area contributed by atoms with Crippen LogP contribution in [0.3, 0.4) is 0 Å². The number of alkyl halides is 3. The number of benzene rings is 1. The summed E-state index contributed by atoms with van der Waals surface area (Å²) in [5, 5.41) is 7.38. The number of fused-ring (bicyclic) bond motifs is 1. The molecule has 3 rings (SSSR count). The van der Waals surface area contributed by atoms with Crippen LogP contribution >= 0.6 is 0 Å². The maximum atomic E-state index is 13.2. The Balaban J connectivity index is 1.71. The molecule has 0 fully saturated rings. The van der Waals surface area contributed by atoms with Gasteiger partial charge in [0, 0.05) is 12.7 Å². The first-order chi connectivity index (χ1) is 10.9. The van der Waals surface area contributed by atoms with E-state index >= 15 is 0 Å². The van der Waals surface area contributed by atoms with Gasteiger partial charge >= 0.3 is 6.18 Å². The number of nitrogens with zero attached hydrogens (tertiary/aromatic N) is 2. The lowest BCUT2D eigenvalue weighted by molar-refractivity contribution is -0.142. The van der Waals surface area contributed by atoms with E-state index < -0.39 is 12.7 Å². The van der Waals surface area contributed by atoms with Crippen LogP contribution in [0.25, 0.3) is 0 Å². The van der Waals surface area contributed by atoms with Crippen molar-refractivity contribution in [3.05, 3.63) is 53.1 Å². The van der Waals surface area contributed by atoms with E-state index in [2.05, 4.69) is 10.4 Å². The average molecular weight is 327 g/mol. The number of halogens is 4. The van der Waals surface area contributed by atoms with Crippen molar-refractivity contribution in [3.63, 3.8) is 0 Å². The van der Waals surface area contributed by atoms with Crippen LogP contribution in [0.1, 0.15) is 35.7 Å². The molecule has 3 nitrogen and oxygen atoms in total. The van der Waals surface area contributed by atoms with Gasteiger partial charge < -0.3 is 5.32 Å². The van der Waals surface area contributed by atoms with Crippen molar-refractivity contribution >= 4 is 0 Å². The van der Waals surface area contributed by atoms with Crippen LogP contribution in [-0.4, -0.2) is 16.0 Å². The molecule has 0 saturated carbocycles. The lowest BCUT2D eigenvalue weighted by Gasteiger charge is -2.22. The van der Waals surface area contributed by atoms with Crippen LogP contribution in [-0.2, 0) is 19.5 Å². The van der Waals surface area contributed by atoms with E-state index in [-0.39, 0.29) is 11.9 Å². The highest BCUT2D eigenvalue weighted by molar-refractivity contribution is 5.24. The number of aromatic nitrogens is 2. The normalized spacial score (nSPS) is 18.0. The summed E-state index contributed by atoms with van der Waals surface area (Å²) in [5.41, 5.74) is 2.33. The van der Waals surface area contributed by atoms with E-state index in [9.17, 15) is 17.6 Å². The molecule has 2 aromatic rings. The molecule has 0 radical (unpaired) electrons. The molecule has 0 bridgehead atoms. The van der Waals surface area contributed by atoms with E-state index in [1.165, 1.54) is 18.3 Å². The van der Waals surface area contributed by atoms with E-state index in [1.807, 2.05) is 6.07 Å². The first-order valence-electron chi connectivity index (χ1n) is 7.51. The van der Waals surface area contributed by atoms with Gasteiger partial charge in [0.25, 0.3) is 0 Å². The fourth-order valence-electron chi connectivity index (χ4n) is 2.95. The number of aryl methyl sites for hydroxylation is 1. The minimum absolute atomic E-state index is 0.100. The summed E-state index contributed by atoms with van der Waals surface area (Å²) in [6, 6.07) is 6.16. The Morgan fingerprint density at radius 2 is 2.13 bits per heavy atom. The highest BCUT2D eigenvalue weighted by Gasteiger charge is 2.30. The molecule has 124 valence electrons. The number of rotatable bonds is 4. The van der Waals surface area contributed by atoms with Crippen molar-refractivity contribution in [2.75, 3.05) is 0 Å². The molecule has 1 heterocycles. The second-order valence-electron chi connectivity index (χ2n) is 5.81. The first-order valence-corrected chi connectivity index (χ1v) is 7.51. The second-order valence-corrected chi connectivity index (χ2v) is 5.81. The molecular weight excluding hydrogens is 310 g/mol. The molecule has 1 aromatic carbocycles. The molecule has 1 atom stereocenters. The molecule has 1 N–H and O–H groups in total. The molecule has 23 heavy (non-hydrogen) atoms. The number of nitrogens with one attached hydrogen (secondary N) is 1. The Morgan fingerprint density at radius 3 is 2.87 bits per heavy atom. The van der Waals surface area contributed by atoms with Crippen molar-refractivity contribution in [1.82, 2.24) is 15.1 Å². The summed E-state index contributed by atoms with van der Waals surface area (Å²) in [5.74, 6) is -0.303. The topological polar surface area (TPSA) is 29.9 Å². The van der Waals surface area contributed by atoms with Crippen molar-refractivity contribution in [2.45, 2.75) is 44.6 Å². The first kappa shape index (κ1) is 16.0. The van der Waals surface area contributed by atoms with Gasteiger partial charge in [-0.2, -0.15) is 18.3 Å². The Kier molecular flexibility index (Phi) is 4.39. The standard InChI is InChI=1S/C16H17F4N3/c17-13-5-1-3-11(7-13)8-21-14-6-2-4-12-9-23(22-15(12)14)10-16(18,19)20/h1,3,5,7,9,14,21H,2,4,6,8,10H2/t14-/m1/s1. The molecule has 0 amide bonds. The van der Waals surface area contributed by atoms with Gasteiger partial charge in [-0.15, -0.1) is 0 Å². The summed E-state index contributed by atoms with van der Waals surface area (Å²) in [6.45, 7) is -0.620. The quantitative estimate of drug-likeness (QED) is 0.867. The van der Waals surface area contributed by atoms with Crippen LogP contribution < -0.4 is 5.32 Å². The summed E-state index contributed by atoms with van der Waals surface area (Å²) < 4.78 is 51.6. The number of hydrogen-bond donors (Lipinski definition) is 1. The van der Waals surface area contributed by atoms with E-state index in [0.29, 0.717) is 12.2 Å². The molecular formula is C16H17F4N3. The third kappa shape index (κ3) is 4.10. The molecule has 0 spiro atoms. The van der Waals surface area contributed by atoms with Crippen molar-refractivity contribution < 1.29 is 17.6 Å². The smallest absolute Gasteiger partial charge is 0.304 e. The lowest BCUT2D eigenvalue weighted by atomic mass is 9.93. The molecule has 1 aliphatic rings. The lowest BCUT2D eigenvalue weighted by Crippen LogP contribution is -2.25. The largest absolute Gasteiger partial charge is 0.408 e. The van der Waals surface area contributed by atoms with Gasteiger partial charge in [0.15, 0.2) is 0 Å². The van der Waals surface area contributed by atoms with Crippen LogP contribution in [0.15, 0.2) is 30.5 Å². The average Bonchev–Trinajstić information content (AvgIpc) is 2.85. The highest BCUT2D eigenvalue weighted by atomic mass is 19.4. The predicted molar refractivity (Wildman–Crippen MR) is 77.2 cm³/mol. The van der Waals surface area contributed by atoms with Gasteiger partial charge in [0.1, 0.15) is 12.4 Å². The maximum absolute atomic E-state index is 13.2. The van der Waals surface area contributed by atoms with Crippen molar-refractivity contribution in [3.8, 4) is 0 Å². The SMILES string of the molecule is Fc1cccc(CN[C@@H]2CCCc3cn(CC(F)(F)F)nc32)c1. The number of hydrogen-bond acceptors (Lipinski definition) is 2. The molecule has 1 aromatic heterocycles. The fraction of sp³-hybridized carbons (Fsp3) is 0.438. The minimum Gasteiger partial charge on any atom is -0.304 e. The van der Waals surface area contributed by atoms with Crippen LogP contribution in [0.4, 0.5) is 17.6 Å². The minimum atomic E-state index is -4.28. The van der Waals surface area contributed by atoms with Gasteiger partial charge in [0.2, 0.25) is 0 Å². The Bertz CT molecular complexity index is 678. The Labute approximate surface area is 131 Å². The van der Waals surface area contributed by atoms with E-state index in [1.54, 1.807) is 6.07 Å². The summed E-state index contributed by atoms with van der Waals surface area (Å²) in [4.78, 5) is 0. The van der Waals surface area contributed by atoms with Gasteiger partial charge in [0.05, 0.1) is 11.7 Å². The molecule has 0 unspecified atom stereocenters. The van der Waals surface area contributed by atoms with Crippen LogP contribution in [0, 0.1) is 5.82 Å². The molecule has 1 aliphatic carbocycles. The fourth-order valence-corrected chi connectivity index (χ4v) is 2.95.